The number of sulfonamides is 1. The predicted octanol–water partition coefficient (Wildman–Crippen LogP) is 2.11. The molecule has 0 saturated heterocycles. The third kappa shape index (κ3) is 3.41. The molecule has 0 unspecified atom stereocenters. The third-order valence-corrected chi connectivity index (χ3v) is 3.75. The van der Waals surface area contributed by atoms with Crippen LogP contribution in [0.15, 0.2) is 27.6 Å². The fourth-order valence-electron chi connectivity index (χ4n) is 0.944. The average Bonchev–Trinajstić information content (AvgIpc) is 2.14. The quantitative estimate of drug-likeness (QED) is 0.865. The molecular formula is C8H8BrClFNO2S. The third-order valence-electron chi connectivity index (χ3n) is 1.57. The monoisotopic (exact) mass is 315 g/mol. The normalized spacial score (nSPS) is 11.7. The highest BCUT2D eigenvalue weighted by atomic mass is 79.9. The van der Waals surface area contributed by atoms with Crippen LogP contribution >= 0.6 is 27.5 Å². The van der Waals surface area contributed by atoms with Gasteiger partial charge in [0.05, 0.1) is 0 Å². The van der Waals surface area contributed by atoms with Crippen LogP contribution in [0.3, 0.4) is 0 Å². The van der Waals surface area contributed by atoms with E-state index in [-0.39, 0.29) is 17.3 Å². The van der Waals surface area contributed by atoms with Gasteiger partial charge in [-0.3, -0.25) is 0 Å². The van der Waals surface area contributed by atoms with Crippen molar-refractivity contribution < 1.29 is 12.8 Å². The molecule has 0 aliphatic heterocycles. The molecule has 0 amide bonds. The highest BCUT2D eigenvalue weighted by molar-refractivity contribution is 9.10. The molecule has 1 rings (SSSR count). The number of halogens is 3. The molecule has 84 valence electrons. The van der Waals surface area contributed by atoms with Crippen LogP contribution < -0.4 is 4.72 Å². The van der Waals surface area contributed by atoms with Crippen molar-refractivity contribution >= 4 is 37.6 Å². The Kier molecular flexibility index (Phi) is 4.51. The van der Waals surface area contributed by atoms with E-state index >= 15 is 0 Å². The van der Waals surface area contributed by atoms with Crippen molar-refractivity contribution in [3.05, 3.63) is 28.5 Å². The summed E-state index contributed by atoms with van der Waals surface area (Å²) in [7, 11) is -3.80. The molecule has 0 bridgehead atoms. The Morgan fingerprint density at radius 1 is 1.47 bits per heavy atom. The predicted molar refractivity (Wildman–Crippen MR) is 60.0 cm³/mol. The van der Waals surface area contributed by atoms with Gasteiger partial charge in [0.25, 0.3) is 0 Å². The SMILES string of the molecule is O=S(=O)(NCCCl)c1ccc(Br)cc1F. The summed E-state index contributed by atoms with van der Waals surface area (Å²) >= 11 is 8.37. The molecule has 1 aromatic carbocycles. The van der Waals surface area contributed by atoms with Crippen molar-refractivity contribution in [3.8, 4) is 0 Å². The van der Waals surface area contributed by atoms with Crippen LogP contribution in [0.5, 0.6) is 0 Å². The van der Waals surface area contributed by atoms with Crippen molar-refractivity contribution in [3.63, 3.8) is 0 Å². The van der Waals surface area contributed by atoms with Gasteiger partial charge < -0.3 is 0 Å². The maximum atomic E-state index is 13.3. The van der Waals surface area contributed by atoms with Crippen LogP contribution in [0.2, 0.25) is 0 Å². The lowest BCUT2D eigenvalue weighted by Gasteiger charge is -2.06. The zero-order valence-electron chi connectivity index (χ0n) is 7.50. The molecule has 3 nitrogen and oxygen atoms in total. The highest BCUT2D eigenvalue weighted by Gasteiger charge is 2.18. The van der Waals surface area contributed by atoms with Gasteiger partial charge in [0.2, 0.25) is 10.0 Å². The second kappa shape index (κ2) is 5.25. The molecule has 1 N–H and O–H groups in total. The molecule has 15 heavy (non-hydrogen) atoms. The molecule has 0 fully saturated rings. The van der Waals surface area contributed by atoms with Crippen LogP contribution in [0.4, 0.5) is 4.39 Å². The van der Waals surface area contributed by atoms with Crippen LogP contribution in [0, 0.1) is 5.82 Å². The van der Waals surface area contributed by atoms with E-state index in [0.29, 0.717) is 4.47 Å². The van der Waals surface area contributed by atoms with E-state index < -0.39 is 15.8 Å². The molecule has 0 spiro atoms. The molecule has 0 radical (unpaired) electrons. The second-order valence-electron chi connectivity index (χ2n) is 2.66. The lowest BCUT2D eigenvalue weighted by Crippen LogP contribution is -2.26. The molecule has 1 aromatic rings. The number of hydrogen-bond donors (Lipinski definition) is 1. The summed E-state index contributed by atoms with van der Waals surface area (Å²) in [5, 5.41) is 0. The molecule has 0 aliphatic rings. The maximum Gasteiger partial charge on any atom is 0.243 e. The standard InChI is InChI=1S/C8H8BrClFNO2S/c9-6-1-2-8(7(11)5-6)15(13,14)12-4-3-10/h1-2,5,12H,3-4H2. The van der Waals surface area contributed by atoms with Crippen LogP contribution in [0.25, 0.3) is 0 Å². The van der Waals surface area contributed by atoms with Gasteiger partial charge in [-0.05, 0) is 18.2 Å². The van der Waals surface area contributed by atoms with Gasteiger partial charge in [-0.25, -0.2) is 17.5 Å². The van der Waals surface area contributed by atoms with Crippen molar-refractivity contribution in [1.82, 2.24) is 4.72 Å². The van der Waals surface area contributed by atoms with Crippen molar-refractivity contribution in [1.29, 1.82) is 0 Å². The summed E-state index contributed by atoms with van der Waals surface area (Å²) in [5.74, 6) is -0.663. The first-order valence-corrected chi connectivity index (χ1v) is 6.79. The van der Waals surface area contributed by atoms with Crippen molar-refractivity contribution in [2.45, 2.75) is 4.90 Å². The zero-order chi connectivity index (χ0) is 11.5. The number of nitrogens with one attached hydrogen (secondary N) is 1. The summed E-state index contributed by atoms with van der Waals surface area (Å²) in [6.07, 6.45) is 0. The van der Waals surface area contributed by atoms with Gasteiger partial charge in [0, 0.05) is 16.9 Å². The summed E-state index contributed by atoms with van der Waals surface area (Å²) in [5.41, 5.74) is 0. The Morgan fingerprint density at radius 2 is 2.13 bits per heavy atom. The molecule has 0 heterocycles. The Hall–Kier alpha value is -0.170. The lowest BCUT2D eigenvalue weighted by molar-refractivity contribution is 0.558. The summed E-state index contributed by atoms with van der Waals surface area (Å²) in [4.78, 5) is -0.379. The Morgan fingerprint density at radius 3 is 2.67 bits per heavy atom. The average molecular weight is 317 g/mol. The Bertz CT molecular complexity index is 452. The highest BCUT2D eigenvalue weighted by Crippen LogP contribution is 2.18. The van der Waals surface area contributed by atoms with Gasteiger partial charge in [-0.1, -0.05) is 15.9 Å². The number of benzene rings is 1. The molecule has 0 saturated carbocycles. The van der Waals surface area contributed by atoms with Crippen molar-refractivity contribution in [2.75, 3.05) is 12.4 Å². The smallest absolute Gasteiger partial charge is 0.210 e. The summed E-state index contributed by atoms with van der Waals surface area (Å²) < 4.78 is 38.9. The molecule has 0 aliphatic carbocycles. The minimum atomic E-state index is -3.80. The number of rotatable bonds is 4. The first-order valence-electron chi connectivity index (χ1n) is 3.98. The van der Waals surface area contributed by atoms with Gasteiger partial charge in [0.1, 0.15) is 10.7 Å². The summed E-state index contributed by atoms with van der Waals surface area (Å²) in [6, 6.07) is 3.74. The van der Waals surface area contributed by atoms with E-state index in [1.165, 1.54) is 12.1 Å². The van der Waals surface area contributed by atoms with E-state index in [4.69, 9.17) is 11.6 Å². The Balaban J connectivity index is 3.05. The minimum Gasteiger partial charge on any atom is -0.210 e. The topological polar surface area (TPSA) is 46.2 Å². The number of alkyl halides is 1. The van der Waals surface area contributed by atoms with Gasteiger partial charge >= 0.3 is 0 Å². The van der Waals surface area contributed by atoms with E-state index in [2.05, 4.69) is 20.7 Å². The zero-order valence-corrected chi connectivity index (χ0v) is 10.7. The first-order chi connectivity index (χ1) is 6.97. The van der Waals surface area contributed by atoms with Crippen LogP contribution in [-0.2, 0) is 10.0 Å². The van der Waals surface area contributed by atoms with Crippen LogP contribution in [-0.4, -0.2) is 20.8 Å². The fourth-order valence-corrected chi connectivity index (χ4v) is 2.57. The Labute approximate surface area is 101 Å². The van der Waals surface area contributed by atoms with Gasteiger partial charge in [-0.15, -0.1) is 11.6 Å². The molecule has 0 atom stereocenters. The molecule has 7 heteroatoms. The van der Waals surface area contributed by atoms with E-state index in [0.717, 1.165) is 6.07 Å². The lowest BCUT2D eigenvalue weighted by atomic mass is 10.3. The molecular weight excluding hydrogens is 309 g/mol. The van der Waals surface area contributed by atoms with Gasteiger partial charge in [-0.2, -0.15) is 0 Å². The largest absolute Gasteiger partial charge is 0.243 e. The van der Waals surface area contributed by atoms with Crippen LogP contribution in [0.1, 0.15) is 0 Å². The van der Waals surface area contributed by atoms with E-state index in [9.17, 15) is 12.8 Å². The van der Waals surface area contributed by atoms with E-state index in [1.807, 2.05) is 0 Å². The number of hydrogen-bond acceptors (Lipinski definition) is 2. The van der Waals surface area contributed by atoms with E-state index in [1.54, 1.807) is 0 Å². The maximum absolute atomic E-state index is 13.3. The minimum absolute atomic E-state index is 0.0688. The van der Waals surface area contributed by atoms with Crippen molar-refractivity contribution in [2.24, 2.45) is 0 Å². The summed E-state index contributed by atoms with van der Waals surface area (Å²) in [6.45, 7) is 0.0688. The molecule has 0 aromatic heterocycles. The fraction of sp³-hybridized carbons (Fsp3) is 0.250. The first kappa shape index (κ1) is 12.9. The van der Waals surface area contributed by atoms with Gasteiger partial charge in [0.15, 0.2) is 0 Å². The second-order valence-corrected chi connectivity index (χ2v) is 5.69.